The van der Waals surface area contributed by atoms with Crippen LogP contribution in [0.2, 0.25) is 0 Å². The van der Waals surface area contributed by atoms with Gasteiger partial charge in [0.1, 0.15) is 23.5 Å². The minimum atomic E-state index is -3.65. The highest BCUT2D eigenvalue weighted by Gasteiger charge is 2.57. The van der Waals surface area contributed by atoms with Gasteiger partial charge in [-0.3, -0.25) is 9.36 Å². The van der Waals surface area contributed by atoms with E-state index in [1.807, 2.05) is 30.3 Å². The normalized spacial score (nSPS) is 23.5. The number of ether oxygens (including phenoxy) is 2. The molecule has 0 unspecified atom stereocenters. The fourth-order valence-corrected chi connectivity index (χ4v) is 7.77. The number of rotatable bonds is 12. The Morgan fingerprint density at radius 2 is 1.98 bits per heavy atom. The van der Waals surface area contributed by atoms with E-state index in [-0.39, 0.29) is 23.6 Å². The molecule has 3 heterocycles. The topological polar surface area (TPSA) is 159 Å². The van der Waals surface area contributed by atoms with Crippen molar-refractivity contribution in [3.63, 3.8) is 0 Å². The molecule has 0 aliphatic carbocycles. The van der Waals surface area contributed by atoms with Gasteiger partial charge in [-0.25, -0.2) is 14.5 Å². The number of fused-ring (bicyclic) bond motifs is 2. The van der Waals surface area contributed by atoms with Crippen molar-refractivity contribution in [2.24, 2.45) is 0 Å². The largest absolute Gasteiger partial charge is 0.462 e. The van der Waals surface area contributed by atoms with E-state index in [1.165, 1.54) is 10.9 Å². The van der Waals surface area contributed by atoms with Crippen LogP contribution in [-0.2, 0) is 30.6 Å². The number of esters is 1. The number of halogens is 2. The van der Waals surface area contributed by atoms with E-state index < -0.39 is 49.4 Å². The molecule has 4 N–H and O–H groups in total. The first kappa shape index (κ1) is 34.2. The predicted octanol–water partition coefficient (Wildman–Crippen LogP) is 4.08. The maximum Gasteiger partial charge on any atom is 0.323 e. The summed E-state index contributed by atoms with van der Waals surface area (Å²) in [6.07, 6.45) is -4.19. The quantitative estimate of drug-likeness (QED) is 0.111. The number of nitrogens with two attached hydrogens (primary N) is 1. The molecule has 2 aromatic carbocycles. The zero-order valence-electron chi connectivity index (χ0n) is 25.8. The summed E-state index contributed by atoms with van der Waals surface area (Å²) in [7, 11) is 3.51. The summed E-state index contributed by atoms with van der Waals surface area (Å²) >= 11 is 12.3. The van der Waals surface area contributed by atoms with Gasteiger partial charge in [-0.2, -0.15) is 9.97 Å². The predicted molar refractivity (Wildman–Crippen MR) is 177 cm³/mol. The third kappa shape index (κ3) is 6.77. The fourth-order valence-electron chi connectivity index (χ4n) is 5.03. The summed E-state index contributed by atoms with van der Waals surface area (Å²) in [5.74, 6) is -0.197. The molecule has 0 amide bonds. The van der Waals surface area contributed by atoms with Gasteiger partial charge in [0.05, 0.1) is 24.9 Å². The number of carbonyl (C=O) groups excluding carboxylic acids is 1. The third-order valence-electron chi connectivity index (χ3n) is 7.32. The second-order valence-corrected chi connectivity index (χ2v) is 14.8. The maximum absolute atomic E-state index is 15.9. The molecular formula is C29H36ClFN7O6PS. The number of aromatic nitrogens is 4. The van der Waals surface area contributed by atoms with E-state index in [0.717, 1.165) is 10.8 Å². The first-order valence-electron chi connectivity index (χ1n) is 14.4. The summed E-state index contributed by atoms with van der Waals surface area (Å²) < 4.78 is 41.3. The molecule has 4 aromatic rings. The summed E-state index contributed by atoms with van der Waals surface area (Å²) in [6.45, 7) is 0.865. The molecule has 0 radical (unpaired) electrons. The van der Waals surface area contributed by atoms with E-state index in [0.29, 0.717) is 17.1 Å². The standard InChI is InChI=1S/C29H36ClFN7O6PS/c1-16(2)42-27(40)17(3)36-45(46,44-20-12-8-10-18-9-6-7-11-19(18)20)41-14-29(13-30)23(39)21(31)26(43-29)38-15-33-22-24(37(4)5)34-28(32)35-25(22)38/h6-12,15-17,21,23,26,39H,13-14H2,1-5H3,(H,36,46)(H2,32,34,35)/t17-,21-,23-,26+,29+,45+/m0/s1. The maximum atomic E-state index is 15.9. The van der Waals surface area contributed by atoms with Crippen LogP contribution in [0, 0.1) is 0 Å². The Morgan fingerprint density at radius 3 is 2.67 bits per heavy atom. The van der Waals surface area contributed by atoms with Crippen molar-refractivity contribution in [1.82, 2.24) is 24.6 Å². The third-order valence-corrected chi connectivity index (χ3v) is 10.2. The van der Waals surface area contributed by atoms with Gasteiger partial charge in [0.15, 0.2) is 29.4 Å². The van der Waals surface area contributed by atoms with Crippen LogP contribution in [0.15, 0.2) is 48.8 Å². The number of imidazole rings is 1. The lowest BCUT2D eigenvalue weighted by Gasteiger charge is -2.33. The number of nitrogen functional groups attached to an aromatic ring is 1. The van der Waals surface area contributed by atoms with E-state index in [4.69, 9.17) is 47.7 Å². The minimum Gasteiger partial charge on any atom is -0.462 e. The molecule has 1 aliphatic heterocycles. The Labute approximate surface area is 275 Å². The SMILES string of the molecule is CC(C)OC(=O)[C@H](C)N[P@@](=S)(OC[C@@]1(CCl)O[C@@H](n2cnc3c(N(C)C)nc(N)nc32)[C@@H](F)[C@@H]1O)Oc1cccc2ccccc12. The van der Waals surface area contributed by atoms with Crippen LogP contribution in [0.25, 0.3) is 21.9 Å². The molecular weight excluding hydrogens is 660 g/mol. The molecule has 248 valence electrons. The highest BCUT2D eigenvalue weighted by Crippen LogP contribution is 2.50. The van der Waals surface area contributed by atoms with E-state index in [2.05, 4.69) is 20.0 Å². The number of alkyl halides is 2. The first-order valence-corrected chi connectivity index (χ1v) is 17.6. The summed E-state index contributed by atoms with van der Waals surface area (Å²) in [6, 6.07) is 12.0. The monoisotopic (exact) mass is 695 g/mol. The van der Waals surface area contributed by atoms with Gasteiger partial charge in [0.2, 0.25) is 5.95 Å². The molecule has 0 saturated carbocycles. The molecule has 46 heavy (non-hydrogen) atoms. The smallest absolute Gasteiger partial charge is 0.323 e. The van der Waals surface area contributed by atoms with Gasteiger partial charge in [0, 0.05) is 19.5 Å². The average molecular weight is 696 g/mol. The molecule has 0 bridgehead atoms. The lowest BCUT2D eigenvalue weighted by molar-refractivity contribution is -0.149. The number of aliphatic hydroxyl groups is 1. The number of carbonyl (C=O) groups is 1. The Bertz CT molecular complexity index is 1780. The van der Waals surface area contributed by atoms with Gasteiger partial charge in [-0.05, 0) is 44.0 Å². The van der Waals surface area contributed by atoms with E-state index in [1.54, 1.807) is 51.9 Å². The van der Waals surface area contributed by atoms with Gasteiger partial charge < -0.3 is 34.3 Å². The van der Waals surface area contributed by atoms with Crippen molar-refractivity contribution >= 4 is 69.7 Å². The van der Waals surface area contributed by atoms with Crippen molar-refractivity contribution < 1.29 is 32.8 Å². The van der Waals surface area contributed by atoms with Crippen molar-refractivity contribution in [3.05, 3.63) is 48.8 Å². The second kappa shape index (κ2) is 13.5. The Kier molecular flexibility index (Phi) is 10.0. The lowest BCUT2D eigenvalue weighted by atomic mass is 9.99. The number of hydrogen-bond acceptors (Lipinski definition) is 12. The Balaban J connectivity index is 1.46. The van der Waals surface area contributed by atoms with Gasteiger partial charge in [-0.1, -0.05) is 36.4 Å². The van der Waals surface area contributed by atoms with Gasteiger partial charge in [-0.15, -0.1) is 11.6 Å². The van der Waals surface area contributed by atoms with Crippen molar-refractivity contribution in [2.75, 3.05) is 37.2 Å². The second-order valence-electron chi connectivity index (χ2n) is 11.4. The highest BCUT2D eigenvalue weighted by atomic mass is 35.5. The fraction of sp³-hybridized carbons (Fsp3) is 0.448. The average Bonchev–Trinajstić information content (AvgIpc) is 3.53. The van der Waals surface area contributed by atoms with Gasteiger partial charge in [0.25, 0.3) is 0 Å². The Hall–Kier alpha value is -3.17. The summed E-state index contributed by atoms with van der Waals surface area (Å²) in [4.78, 5) is 27.3. The molecule has 2 aromatic heterocycles. The van der Waals surface area contributed by atoms with Crippen LogP contribution in [0.4, 0.5) is 16.2 Å². The van der Waals surface area contributed by atoms with Crippen LogP contribution >= 0.6 is 18.2 Å². The van der Waals surface area contributed by atoms with Crippen molar-refractivity contribution in [3.8, 4) is 5.75 Å². The van der Waals surface area contributed by atoms with Crippen LogP contribution in [0.1, 0.15) is 27.0 Å². The first-order chi connectivity index (χ1) is 21.8. The van der Waals surface area contributed by atoms with E-state index in [9.17, 15) is 9.90 Å². The number of nitrogens with one attached hydrogen (secondary N) is 1. The number of anilines is 2. The lowest BCUT2D eigenvalue weighted by Crippen LogP contribution is -2.48. The molecule has 1 fully saturated rings. The van der Waals surface area contributed by atoms with E-state index >= 15 is 4.39 Å². The van der Waals surface area contributed by atoms with Crippen molar-refractivity contribution in [2.45, 2.75) is 57.0 Å². The van der Waals surface area contributed by atoms with Crippen molar-refractivity contribution in [1.29, 1.82) is 0 Å². The molecule has 1 saturated heterocycles. The van der Waals surface area contributed by atoms with Crippen LogP contribution in [0.3, 0.4) is 0 Å². The Morgan fingerprint density at radius 1 is 1.26 bits per heavy atom. The molecule has 5 rings (SSSR count). The van der Waals surface area contributed by atoms with Crippen LogP contribution in [0.5, 0.6) is 5.75 Å². The molecule has 17 heteroatoms. The zero-order valence-corrected chi connectivity index (χ0v) is 28.3. The summed E-state index contributed by atoms with van der Waals surface area (Å²) in [5, 5.41) is 15.8. The number of hydrogen-bond donors (Lipinski definition) is 3. The highest BCUT2D eigenvalue weighted by molar-refractivity contribution is 8.09. The summed E-state index contributed by atoms with van der Waals surface area (Å²) in [5.41, 5.74) is 4.70. The zero-order chi connectivity index (χ0) is 33.4. The number of benzene rings is 2. The number of nitrogens with zero attached hydrogens (tertiary/aromatic N) is 5. The minimum absolute atomic E-state index is 0.0543. The molecule has 1 aliphatic rings. The van der Waals surface area contributed by atoms with Gasteiger partial charge >= 0.3 is 12.6 Å². The van der Waals surface area contributed by atoms with Crippen LogP contribution < -0.4 is 20.2 Å². The molecule has 13 nitrogen and oxygen atoms in total. The molecule has 0 spiro atoms. The number of aliphatic hydroxyl groups excluding tert-OH is 1. The molecule has 6 atom stereocenters. The van der Waals surface area contributed by atoms with Crippen LogP contribution in [-0.4, -0.2) is 87.2 Å².